The van der Waals surface area contributed by atoms with E-state index < -0.39 is 0 Å². The smallest absolute Gasteiger partial charge is 0.191 e. The van der Waals surface area contributed by atoms with Crippen LogP contribution in [0.5, 0.6) is 5.75 Å². The molecular weight excluding hydrogens is 320 g/mol. The molecule has 0 atom stereocenters. The first-order chi connectivity index (χ1) is 12.2. The van der Waals surface area contributed by atoms with E-state index in [0.717, 1.165) is 23.4 Å². The number of aryl methyl sites for hydroxylation is 1. The lowest BCUT2D eigenvalue weighted by Gasteiger charge is -2.15. The van der Waals surface area contributed by atoms with Crippen molar-refractivity contribution in [3.8, 4) is 5.75 Å². The molecule has 0 aliphatic carbocycles. The molecule has 1 aromatic carbocycles. The van der Waals surface area contributed by atoms with E-state index in [9.17, 15) is 0 Å². The number of nitrogens with zero attached hydrogens (tertiary/aromatic N) is 2. The fraction of sp³-hybridized carbons (Fsp3) is 0.444. The number of aromatic nitrogens is 1. The maximum atomic E-state index is 5.90. The zero-order valence-corrected chi connectivity index (χ0v) is 15.0. The molecule has 0 bridgehead atoms. The molecule has 0 unspecified atom stereocenters. The van der Waals surface area contributed by atoms with Crippen LogP contribution < -0.4 is 15.4 Å². The van der Waals surface area contributed by atoms with Crippen LogP contribution in [0.15, 0.2) is 40.0 Å². The van der Waals surface area contributed by atoms with Crippen LogP contribution in [0.25, 0.3) is 0 Å². The van der Waals surface area contributed by atoms with Crippen LogP contribution in [0, 0.1) is 6.92 Å². The molecule has 0 aliphatic heterocycles. The van der Waals surface area contributed by atoms with Crippen molar-refractivity contribution in [2.45, 2.75) is 26.4 Å². The number of hydrogen-bond acceptors (Lipinski definition) is 5. The van der Waals surface area contributed by atoms with Crippen molar-refractivity contribution in [3.05, 3.63) is 47.3 Å². The Kier molecular flexibility index (Phi) is 7.78. The van der Waals surface area contributed by atoms with Gasteiger partial charge in [-0.2, -0.15) is 0 Å². The Hall–Kier alpha value is -2.54. The van der Waals surface area contributed by atoms with Gasteiger partial charge in [-0.1, -0.05) is 17.3 Å². The normalized spacial score (nSPS) is 11.4. The van der Waals surface area contributed by atoms with E-state index in [-0.39, 0.29) is 0 Å². The Bertz CT molecular complexity index is 656. The lowest BCUT2D eigenvalue weighted by atomic mass is 10.1. The first kappa shape index (κ1) is 18.8. The second-order valence-corrected chi connectivity index (χ2v) is 5.58. The van der Waals surface area contributed by atoms with Crippen LogP contribution in [-0.2, 0) is 17.8 Å². The topological polar surface area (TPSA) is 80.9 Å². The third-order valence-electron chi connectivity index (χ3n) is 3.57. The van der Waals surface area contributed by atoms with E-state index >= 15 is 0 Å². The third-order valence-corrected chi connectivity index (χ3v) is 3.57. The minimum Gasteiger partial charge on any atom is -0.493 e. The molecule has 0 saturated carbocycles. The molecule has 7 heteroatoms. The summed E-state index contributed by atoms with van der Waals surface area (Å²) in [5.41, 5.74) is 3.06. The molecule has 0 radical (unpaired) electrons. The summed E-state index contributed by atoms with van der Waals surface area (Å²) >= 11 is 0. The van der Waals surface area contributed by atoms with E-state index in [1.54, 1.807) is 20.4 Å². The van der Waals surface area contributed by atoms with Gasteiger partial charge in [0.2, 0.25) is 0 Å². The summed E-state index contributed by atoms with van der Waals surface area (Å²) in [5, 5.41) is 10.3. The van der Waals surface area contributed by atoms with Crippen LogP contribution in [0.1, 0.15) is 23.2 Å². The Labute approximate surface area is 148 Å². The minimum atomic E-state index is 0.546. The van der Waals surface area contributed by atoms with Gasteiger partial charge in [0.05, 0.1) is 13.2 Å². The van der Waals surface area contributed by atoms with Crippen molar-refractivity contribution in [2.24, 2.45) is 4.99 Å². The van der Waals surface area contributed by atoms with Crippen LogP contribution >= 0.6 is 0 Å². The first-order valence-electron chi connectivity index (χ1n) is 8.28. The van der Waals surface area contributed by atoms with Crippen molar-refractivity contribution in [3.63, 3.8) is 0 Å². The summed E-state index contributed by atoms with van der Waals surface area (Å²) in [6.45, 7) is 4.53. The average Bonchev–Trinajstić information content (AvgIpc) is 3.14. The lowest BCUT2D eigenvalue weighted by molar-refractivity contribution is 0.171. The molecule has 1 heterocycles. The van der Waals surface area contributed by atoms with Crippen molar-refractivity contribution in [2.75, 3.05) is 27.4 Å². The van der Waals surface area contributed by atoms with Gasteiger partial charge in [0.25, 0.3) is 0 Å². The second-order valence-electron chi connectivity index (χ2n) is 5.58. The van der Waals surface area contributed by atoms with Crippen molar-refractivity contribution in [1.82, 2.24) is 15.8 Å². The molecule has 2 rings (SSSR count). The second kappa shape index (κ2) is 10.4. The van der Waals surface area contributed by atoms with Gasteiger partial charge in [0.1, 0.15) is 17.7 Å². The van der Waals surface area contributed by atoms with E-state index in [4.69, 9.17) is 14.0 Å². The van der Waals surface area contributed by atoms with Gasteiger partial charge >= 0.3 is 0 Å². The molecule has 0 amide bonds. The lowest BCUT2D eigenvalue weighted by Crippen LogP contribution is -2.36. The predicted molar refractivity (Wildman–Crippen MR) is 96.7 cm³/mol. The van der Waals surface area contributed by atoms with Crippen molar-refractivity contribution < 1.29 is 14.0 Å². The zero-order valence-electron chi connectivity index (χ0n) is 15.0. The number of nitrogens with one attached hydrogen (secondary N) is 2. The number of benzene rings is 1. The third kappa shape index (κ3) is 6.46. The Morgan fingerprint density at radius 1 is 1.20 bits per heavy atom. The predicted octanol–water partition coefficient (Wildman–Crippen LogP) is 2.26. The fourth-order valence-electron chi connectivity index (χ4n) is 2.23. The van der Waals surface area contributed by atoms with Crippen molar-refractivity contribution >= 4 is 5.96 Å². The number of methoxy groups -OCH3 is 1. The number of hydrogen-bond donors (Lipinski definition) is 2. The summed E-state index contributed by atoms with van der Waals surface area (Å²) in [6.07, 6.45) is 2.41. The van der Waals surface area contributed by atoms with Crippen LogP contribution in [0.2, 0.25) is 0 Å². The zero-order chi connectivity index (χ0) is 17.9. The fourth-order valence-corrected chi connectivity index (χ4v) is 2.23. The Balaban J connectivity index is 1.89. The highest BCUT2D eigenvalue weighted by molar-refractivity contribution is 5.79. The molecule has 136 valence electrons. The van der Waals surface area contributed by atoms with Gasteiger partial charge in [-0.15, -0.1) is 0 Å². The van der Waals surface area contributed by atoms with Crippen LogP contribution in [0.3, 0.4) is 0 Å². The maximum Gasteiger partial charge on any atom is 0.191 e. The van der Waals surface area contributed by atoms with E-state index in [1.165, 1.54) is 5.56 Å². The molecule has 1 aromatic heterocycles. The summed E-state index contributed by atoms with van der Waals surface area (Å²) in [4.78, 5) is 4.21. The number of rotatable bonds is 9. The first-order valence-corrected chi connectivity index (χ1v) is 8.28. The average molecular weight is 346 g/mol. The molecule has 25 heavy (non-hydrogen) atoms. The standard InChI is InChI=1S/C18H26N4O3/c1-14-5-6-15(17(11-14)24-9-4-8-23-3)12-20-18(19-2)21-13-16-7-10-25-22-16/h5-7,10-11H,4,8-9,12-13H2,1-3H3,(H2,19,20,21). The molecule has 2 N–H and O–H groups in total. The highest BCUT2D eigenvalue weighted by Crippen LogP contribution is 2.20. The molecule has 0 fully saturated rings. The number of aliphatic imine (C=N–C) groups is 1. The molecular formula is C18H26N4O3. The van der Waals surface area contributed by atoms with Gasteiger partial charge in [0, 0.05) is 45.4 Å². The molecule has 0 saturated heterocycles. The van der Waals surface area contributed by atoms with Crippen LogP contribution in [-0.4, -0.2) is 38.5 Å². The highest BCUT2D eigenvalue weighted by Gasteiger charge is 2.06. The van der Waals surface area contributed by atoms with Gasteiger partial charge < -0.3 is 24.6 Å². The quantitative estimate of drug-likeness (QED) is 0.412. The van der Waals surface area contributed by atoms with Gasteiger partial charge in [-0.05, 0) is 18.6 Å². The van der Waals surface area contributed by atoms with Crippen LogP contribution in [0.4, 0.5) is 0 Å². The van der Waals surface area contributed by atoms with Crippen molar-refractivity contribution in [1.29, 1.82) is 0 Å². The molecule has 0 aliphatic rings. The minimum absolute atomic E-state index is 0.546. The summed E-state index contributed by atoms with van der Waals surface area (Å²) in [5.74, 6) is 1.57. The van der Waals surface area contributed by atoms with E-state index in [2.05, 4.69) is 45.9 Å². The number of guanidine groups is 1. The highest BCUT2D eigenvalue weighted by atomic mass is 16.5. The summed E-state index contributed by atoms with van der Waals surface area (Å²) in [7, 11) is 3.43. The van der Waals surface area contributed by atoms with Gasteiger partial charge in [0.15, 0.2) is 5.96 Å². The SMILES string of the molecule is CN=C(NCc1ccon1)NCc1ccc(C)cc1OCCCOC. The molecule has 7 nitrogen and oxygen atoms in total. The van der Waals surface area contributed by atoms with Gasteiger partial charge in [-0.25, -0.2) is 0 Å². The monoisotopic (exact) mass is 346 g/mol. The van der Waals surface area contributed by atoms with E-state index in [1.807, 2.05) is 6.07 Å². The molecule has 2 aromatic rings. The summed E-state index contributed by atoms with van der Waals surface area (Å²) < 4.78 is 15.8. The number of ether oxygens (including phenoxy) is 2. The maximum absolute atomic E-state index is 5.90. The Morgan fingerprint density at radius 3 is 2.76 bits per heavy atom. The van der Waals surface area contributed by atoms with E-state index in [0.29, 0.717) is 32.3 Å². The Morgan fingerprint density at radius 2 is 2.04 bits per heavy atom. The molecule has 0 spiro atoms. The largest absolute Gasteiger partial charge is 0.493 e. The summed E-state index contributed by atoms with van der Waals surface area (Å²) in [6, 6.07) is 8.01. The van der Waals surface area contributed by atoms with Gasteiger partial charge in [-0.3, -0.25) is 4.99 Å².